The van der Waals surface area contributed by atoms with Crippen molar-refractivity contribution >= 4 is 0 Å². The van der Waals surface area contributed by atoms with Gasteiger partial charge in [-0.1, -0.05) is 30.3 Å². The number of benzene rings is 1. The van der Waals surface area contributed by atoms with Crippen LogP contribution in [0, 0.1) is 0 Å². The lowest BCUT2D eigenvalue weighted by molar-refractivity contribution is 0.519. The van der Waals surface area contributed by atoms with E-state index >= 15 is 0 Å². The lowest BCUT2D eigenvalue weighted by Crippen LogP contribution is -2.11. The summed E-state index contributed by atoms with van der Waals surface area (Å²) in [5.41, 5.74) is 8.38. The van der Waals surface area contributed by atoms with Crippen molar-refractivity contribution in [1.82, 2.24) is 9.78 Å². The van der Waals surface area contributed by atoms with Crippen LogP contribution in [0.5, 0.6) is 0 Å². The Balaban J connectivity index is 1.62. The third-order valence-corrected chi connectivity index (χ3v) is 3.32. The van der Waals surface area contributed by atoms with Gasteiger partial charge in [0.25, 0.3) is 0 Å². The molecule has 0 amide bonds. The number of nitrogens with zero attached hydrogens (tertiary/aromatic N) is 2. The van der Waals surface area contributed by atoms with Crippen LogP contribution < -0.4 is 5.73 Å². The molecule has 0 spiro atoms. The number of nitrogens with two attached hydrogens (primary N) is 1. The minimum atomic E-state index is 0.0463. The van der Waals surface area contributed by atoms with Crippen LogP contribution in [0.3, 0.4) is 0 Å². The molecule has 0 bridgehead atoms. The fraction of sp³-hybridized carbons (Fsp3) is 0.188. The summed E-state index contributed by atoms with van der Waals surface area (Å²) in [6.07, 6.45) is 5.27. The van der Waals surface area contributed by atoms with Gasteiger partial charge in [-0.15, -0.1) is 0 Å². The molecule has 0 aliphatic rings. The van der Waals surface area contributed by atoms with Crippen molar-refractivity contribution in [2.45, 2.75) is 18.9 Å². The summed E-state index contributed by atoms with van der Waals surface area (Å²) >= 11 is 0. The van der Waals surface area contributed by atoms with Gasteiger partial charge in [0.2, 0.25) is 5.88 Å². The number of aryl methyl sites for hydroxylation is 1. The quantitative estimate of drug-likeness (QED) is 0.772. The molecule has 4 heteroatoms. The summed E-state index contributed by atoms with van der Waals surface area (Å²) in [7, 11) is 0. The number of rotatable bonds is 5. The van der Waals surface area contributed by atoms with Crippen molar-refractivity contribution in [1.29, 1.82) is 0 Å². The van der Waals surface area contributed by atoms with Crippen LogP contribution >= 0.6 is 0 Å². The number of aromatic nitrogens is 2. The van der Waals surface area contributed by atoms with Gasteiger partial charge in [-0.3, -0.25) is 0 Å². The zero-order valence-electron chi connectivity index (χ0n) is 11.1. The Hall–Kier alpha value is -2.33. The molecular weight excluding hydrogens is 250 g/mol. The van der Waals surface area contributed by atoms with Gasteiger partial charge < -0.3 is 10.2 Å². The van der Waals surface area contributed by atoms with E-state index in [4.69, 9.17) is 10.2 Å². The molecule has 0 aliphatic carbocycles. The van der Waals surface area contributed by atoms with Crippen molar-refractivity contribution in [3.63, 3.8) is 0 Å². The third-order valence-electron chi connectivity index (χ3n) is 3.32. The second kappa shape index (κ2) is 5.75. The SMILES string of the molecule is NC(CCc1ccn(-c2ccco2)n1)c1ccccc1. The van der Waals surface area contributed by atoms with Crippen LogP contribution in [0.2, 0.25) is 0 Å². The standard InChI is InChI=1S/C16H17N3O/c17-15(13-5-2-1-3-6-13)9-8-14-10-11-19(18-14)16-7-4-12-20-16/h1-7,10-12,15H,8-9,17H2. The van der Waals surface area contributed by atoms with E-state index in [0.29, 0.717) is 0 Å². The van der Waals surface area contributed by atoms with Gasteiger partial charge in [-0.05, 0) is 30.5 Å². The monoisotopic (exact) mass is 267 g/mol. The van der Waals surface area contributed by atoms with Crippen LogP contribution in [0.4, 0.5) is 0 Å². The molecule has 2 aromatic heterocycles. The topological polar surface area (TPSA) is 57.0 Å². The first kappa shape index (κ1) is 12.7. The number of furan rings is 1. The van der Waals surface area contributed by atoms with Gasteiger partial charge in [-0.25, -0.2) is 4.68 Å². The van der Waals surface area contributed by atoms with E-state index in [2.05, 4.69) is 17.2 Å². The van der Waals surface area contributed by atoms with Gasteiger partial charge >= 0.3 is 0 Å². The van der Waals surface area contributed by atoms with Crippen molar-refractivity contribution in [3.8, 4) is 5.88 Å². The average molecular weight is 267 g/mol. The largest absolute Gasteiger partial charge is 0.447 e. The maximum absolute atomic E-state index is 6.19. The molecule has 1 aromatic carbocycles. The summed E-state index contributed by atoms with van der Waals surface area (Å²) in [5, 5.41) is 4.49. The van der Waals surface area contributed by atoms with Crippen LogP contribution in [0.1, 0.15) is 23.7 Å². The van der Waals surface area contributed by atoms with E-state index in [-0.39, 0.29) is 6.04 Å². The number of hydrogen-bond acceptors (Lipinski definition) is 3. The van der Waals surface area contributed by atoms with Crippen molar-refractivity contribution in [2.24, 2.45) is 5.73 Å². The molecule has 1 atom stereocenters. The van der Waals surface area contributed by atoms with Crippen LogP contribution in [0.15, 0.2) is 65.4 Å². The maximum atomic E-state index is 6.19. The maximum Gasteiger partial charge on any atom is 0.219 e. The molecule has 0 fully saturated rings. The lowest BCUT2D eigenvalue weighted by Gasteiger charge is -2.10. The fourth-order valence-electron chi connectivity index (χ4n) is 2.19. The Bertz CT molecular complexity index is 643. The molecule has 4 nitrogen and oxygen atoms in total. The third kappa shape index (κ3) is 2.81. The smallest absolute Gasteiger partial charge is 0.219 e. The first-order valence-electron chi connectivity index (χ1n) is 6.72. The Morgan fingerprint density at radius 3 is 2.70 bits per heavy atom. The Labute approximate surface area is 117 Å². The Kier molecular flexibility index (Phi) is 3.65. The molecule has 0 saturated carbocycles. The Morgan fingerprint density at radius 1 is 1.10 bits per heavy atom. The molecule has 0 radical (unpaired) electrons. The summed E-state index contributed by atoms with van der Waals surface area (Å²) < 4.78 is 7.04. The van der Waals surface area contributed by atoms with Gasteiger partial charge in [0.15, 0.2) is 0 Å². The molecule has 2 N–H and O–H groups in total. The minimum Gasteiger partial charge on any atom is -0.447 e. The van der Waals surface area contributed by atoms with E-state index in [1.807, 2.05) is 42.6 Å². The number of hydrogen-bond donors (Lipinski definition) is 1. The zero-order valence-corrected chi connectivity index (χ0v) is 11.1. The molecule has 102 valence electrons. The lowest BCUT2D eigenvalue weighted by atomic mass is 10.0. The van der Waals surface area contributed by atoms with E-state index in [1.165, 1.54) is 0 Å². The molecule has 3 aromatic rings. The highest BCUT2D eigenvalue weighted by Crippen LogP contribution is 2.16. The van der Waals surface area contributed by atoms with Gasteiger partial charge in [-0.2, -0.15) is 5.10 Å². The molecular formula is C16H17N3O. The van der Waals surface area contributed by atoms with E-state index in [0.717, 1.165) is 30.0 Å². The van der Waals surface area contributed by atoms with Gasteiger partial charge in [0, 0.05) is 18.3 Å². The van der Waals surface area contributed by atoms with E-state index in [9.17, 15) is 0 Å². The molecule has 0 aliphatic heterocycles. The van der Waals surface area contributed by atoms with Crippen molar-refractivity contribution < 1.29 is 4.42 Å². The van der Waals surface area contributed by atoms with Crippen LogP contribution in [-0.2, 0) is 6.42 Å². The molecule has 20 heavy (non-hydrogen) atoms. The summed E-state index contributed by atoms with van der Waals surface area (Å²) in [6.45, 7) is 0. The van der Waals surface area contributed by atoms with E-state index in [1.54, 1.807) is 10.9 Å². The highest BCUT2D eigenvalue weighted by Gasteiger charge is 2.08. The predicted octanol–water partition coefficient (Wildman–Crippen LogP) is 3.10. The van der Waals surface area contributed by atoms with E-state index < -0.39 is 0 Å². The van der Waals surface area contributed by atoms with Crippen molar-refractivity contribution in [3.05, 3.63) is 72.2 Å². The molecule has 1 unspecified atom stereocenters. The minimum absolute atomic E-state index is 0.0463. The van der Waals surface area contributed by atoms with Crippen LogP contribution in [-0.4, -0.2) is 9.78 Å². The first-order valence-corrected chi connectivity index (χ1v) is 6.72. The summed E-state index contributed by atoms with van der Waals surface area (Å²) in [5.74, 6) is 0.726. The first-order chi connectivity index (χ1) is 9.83. The molecule has 3 rings (SSSR count). The zero-order chi connectivity index (χ0) is 13.8. The Morgan fingerprint density at radius 2 is 1.95 bits per heavy atom. The second-order valence-electron chi connectivity index (χ2n) is 4.76. The van der Waals surface area contributed by atoms with Crippen LogP contribution in [0.25, 0.3) is 5.88 Å². The summed E-state index contributed by atoms with van der Waals surface area (Å²) in [6, 6.07) is 15.9. The average Bonchev–Trinajstić information content (AvgIpc) is 3.16. The fourth-order valence-corrected chi connectivity index (χ4v) is 2.19. The van der Waals surface area contributed by atoms with Crippen molar-refractivity contribution in [2.75, 3.05) is 0 Å². The molecule has 2 heterocycles. The highest BCUT2D eigenvalue weighted by molar-refractivity contribution is 5.20. The van der Waals surface area contributed by atoms with Gasteiger partial charge in [0.1, 0.15) is 0 Å². The predicted molar refractivity (Wildman–Crippen MR) is 77.5 cm³/mol. The molecule has 0 saturated heterocycles. The summed E-state index contributed by atoms with van der Waals surface area (Å²) in [4.78, 5) is 0. The highest BCUT2D eigenvalue weighted by atomic mass is 16.3. The second-order valence-corrected chi connectivity index (χ2v) is 4.76. The normalized spacial score (nSPS) is 12.4. The van der Waals surface area contributed by atoms with Gasteiger partial charge in [0.05, 0.1) is 12.0 Å².